The maximum absolute atomic E-state index is 13.2. The van der Waals surface area contributed by atoms with E-state index in [-0.39, 0.29) is 5.56 Å². The second kappa shape index (κ2) is 5.60. The summed E-state index contributed by atoms with van der Waals surface area (Å²) < 4.78 is 18.4. The van der Waals surface area contributed by atoms with Crippen molar-refractivity contribution in [3.8, 4) is 0 Å². The van der Waals surface area contributed by atoms with E-state index in [9.17, 15) is 14.0 Å². The number of rotatable bonds is 3. The fourth-order valence-corrected chi connectivity index (χ4v) is 1.30. The lowest BCUT2D eigenvalue weighted by atomic mass is 10.2. The Kier molecular flexibility index (Phi) is 4.42. The van der Waals surface area contributed by atoms with Crippen molar-refractivity contribution in [1.82, 2.24) is 5.32 Å². The number of benzene rings is 1. The van der Waals surface area contributed by atoms with Gasteiger partial charge in [-0.25, -0.2) is 9.18 Å². The average molecular weight is 290 g/mol. The summed E-state index contributed by atoms with van der Waals surface area (Å²) in [6.07, 6.45) is 0. The normalized spacial score (nSPS) is 9.69. The standard InChI is InChI=1S/C10H9BrFNO3/c1-13-9(14)5-16-10(15)7-4-6(11)2-3-8(7)12/h2-4H,5H2,1H3,(H,13,14). The molecule has 0 unspecified atom stereocenters. The lowest BCUT2D eigenvalue weighted by Crippen LogP contribution is -2.25. The Morgan fingerprint density at radius 2 is 2.19 bits per heavy atom. The predicted molar refractivity (Wildman–Crippen MR) is 58.4 cm³/mol. The maximum atomic E-state index is 13.2. The molecular weight excluding hydrogens is 281 g/mol. The summed E-state index contributed by atoms with van der Waals surface area (Å²) in [6.45, 7) is -0.429. The highest BCUT2D eigenvalue weighted by atomic mass is 79.9. The number of nitrogens with one attached hydrogen (secondary N) is 1. The van der Waals surface area contributed by atoms with Gasteiger partial charge in [0.15, 0.2) is 6.61 Å². The van der Waals surface area contributed by atoms with Crippen LogP contribution in [0.15, 0.2) is 22.7 Å². The van der Waals surface area contributed by atoms with E-state index >= 15 is 0 Å². The molecule has 1 aromatic carbocycles. The number of likely N-dealkylation sites (N-methyl/N-ethyl adjacent to an activating group) is 1. The minimum Gasteiger partial charge on any atom is -0.452 e. The summed E-state index contributed by atoms with van der Waals surface area (Å²) >= 11 is 3.10. The van der Waals surface area contributed by atoms with Gasteiger partial charge in [-0.3, -0.25) is 4.79 Å². The molecule has 16 heavy (non-hydrogen) atoms. The minimum absolute atomic E-state index is 0.210. The van der Waals surface area contributed by atoms with Gasteiger partial charge in [-0.2, -0.15) is 0 Å². The van der Waals surface area contributed by atoms with E-state index in [2.05, 4.69) is 26.0 Å². The molecule has 0 aliphatic rings. The van der Waals surface area contributed by atoms with Gasteiger partial charge in [-0.1, -0.05) is 15.9 Å². The number of hydrogen-bond acceptors (Lipinski definition) is 3. The van der Waals surface area contributed by atoms with Gasteiger partial charge in [0.05, 0.1) is 5.56 Å². The third-order valence-corrected chi connectivity index (χ3v) is 2.25. The van der Waals surface area contributed by atoms with Gasteiger partial charge in [0, 0.05) is 11.5 Å². The van der Waals surface area contributed by atoms with E-state index < -0.39 is 24.3 Å². The molecule has 1 rings (SSSR count). The molecule has 6 heteroatoms. The number of esters is 1. The van der Waals surface area contributed by atoms with Gasteiger partial charge in [0.2, 0.25) is 0 Å². The third-order valence-electron chi connectivity index (χ3n) is 1.76. The van der Waals surface area contributed by atoms with Crippen LogP contribution in [0.2, 0.25) is 0 Å². The number of amides is 1. The molecular formula is C10H9BrFNO3. The van der Waals surface area contributed by atoms with Crippen LogP contribution in [0.3, 0.4) is 0 Å². The summed E-state index contributed by atoms with van der Waals surface area (Å²) in [4.78, 5) is 22.2. The molecule has 0 fully saturated rings. The van der Waals surface area contributed by atoms with Crippen LogP contribution in [0.25, 0.3) is 0 Å². The molecule has 0 heterocycles. The zero-order valence-corrected chi connectivity index (χ0v) is 10.0. The van der Waals surface area contributed by atoms with Crippen LogP contribution in [0, 0.1) is 5.82 Å². The van der Waals surface area contributed by atoms with Gasteiger partial charge < -0.3 is 10.1 Å². The molecule has 1 aromatic rings. The molecule has 0 aliphatic carbocycles. The van der Waals surface area contributed by atoms with Crippen molar-refractivity contribution in [1.29, 1.82) is 0 Å². The fraction of sp³-hybridized carbons (Fsp3) is 0.200. The molecule has 0 bridgehead atoms. The quantitative estimate of drug-likeness (QED) is 0.858. The molecule has 0 atom stereocenters. The van der Waals surface area contributed by atoms with Gasteiger partial charge >= 0.3 is 5.97 Å². The first-order valence-electron chi connectivity index (χ1n) is 4.37. The Morgan fingerprint density at radius 3 is 2.81 bits per heavy atom. The minimum atomic E-state index is -0.873. The summed E-state index contributed by atoms with van der Waals surface area (Å²) in [6, 6.07) is 3.90. The van der Waals surface area contributed by atoms with Crippen molar-refractivity contribution in [3.05, 3.63) is 34.1 Å². The highest BCUT2D eigenvalue weighted by Crippen LogP contribution is 2.16. The Morgan fingerprint density at radius 1 is 1.50 bits per heavy atom. The van der Waals surface area contributed by atoms with Gasteiger partial charge in [-0.05, 0) is 18.2 Å². The number of ether oxygens (including phenoxy) is 1. The monoisotopic (exact) mass is 289 g/mol. The lowest BCUT2D eigenvalue weighted by molar-refractivity contribution is -0.123. The van der Waals surface area contributed by atoms with Crippen LogP contribution in [0.4, 0.5) is 4.39 Å². The van der Waals surface area contributed by atoms with E-state index in [4.69, 9.17) is 0 Å². The molecule has 0 radical (unpaired) electrons. The van der Waals surface area contributed by atoms with E-state index in [1.165, 1.54) is 19.2 Å². The first-order valence-corrected chi connectivity index (χ1v) is 5.16. The lowest BCUT2D eigenvalue weighted by Gasteiger charge is -2.05. The predicted octanol–water partition coefficient (Wildman–Crippen LogP) is 1.49. The van der Waals surface area contributed by atoms with Crippen LogP contribution in [0.5, 0.6) is 0 Å². The smallest absolute Gasteiger partial charge is 0.341 e. The highest BCUT2D eigenvalue weighted by molar-refractivity contribution is 9.10. The number of hydrogen-bond donors (Lipinski definition) is 1. The fourth-order valence-electron chi connectivity index (χ4n) is 0.935. The van der Waals surface area contributed by atoms with E-state index in [1.54, 1.807) is 0 Å². The van der Waals surface area contributed by atoms with E-state index in [1.807, 2.05) is 0 Å². The number of halogens is 2. The molecule has 0 aromatic heterocycles. The molecule has 0 spiro atoms. The second-order valence-corrected chi connectivity index (χ2v) is 3.79. The van der Waals surface area contributed by atoms with Crippen LogP contribution in [-0.4, -0.2) is 25.5 Å². The number of carbonyl (C=O) groups excluding carboxylic acids is 2. The summed E-state index contributed by atoms with van der Waals surface area (Å²) in [7, 11) is 1.41. The zero-order chi connectivity index (χ0) is 12.1. The van der Waals surface area contributed by atoms with E-state index in [0.29, 0.717) is 4.47 Å². The van der Waals surface area contributed by atoms with Crippen LogP contribution < -0.4 is 5.32 Å². The van der Waals surface area contributed by atoms with Gasteiger partial charge in [0.1, 0.15) is 5.82 Å². The second-order valence-electron chi connectivity index (χ2n) is 2.87. The van der Waals surface area contributed by atoms with Crippen LogP contribution >= 0.6 is 15.9 Å². The van der Waals surface area contributed by atoms with Crippen molar-refractivity contribution in [3.63, 3.8) is 0 Å². The largest absolute Gasteiger partial charge is 0.452 e. The average Bonchev–Trinajstić information content (AvgIpc) is 2.28. The summed E-state index contributed by atoms with van der Waals surface area (Å²) in [5.74, 6) is -2.02. The van der Waals surface area contributed by atoms with Crippen molar-refractivity contribution in [2.45, 2.75) is 0 Å². The summed E-state index contributed by atoms with van der Waals surface area (Å²) in [5, 5.41) is 2.28. The van der Waals surface area contributed by atoms with Crippen LogP contribution in [-0.2, 0) is 9.53 Å². The number of carbonyl (C=O) groups is 2. The molecule has 0 saturated carbocycles. The van der Waals surface area contributed by atoms with Crippen molar-refractivity contribution in [2.24, 2.45) is 0 Å². The molecule has 0 aliphatic heterocycles. The van der Waals surface area contributed by atoms with Crippen molar-refractivity contribution in [2.75, 3.05) is 13.7 Å². The molecule has 4 nitrogen and oxygen atoms in total. The maximum Gasteiger partial charge on any atom is 0.341 e. The van der Waals surface area contributed by atoms with Gasteiger partial charge in [0.25, 0.3) is 5.91 Å². The molecule has 1 N–H and O–H groups in total. The molecule has 1 amide bonds. The first-order chi connectivity index (χ1) is 7.54. The Balaban J connectivity index is 2.73. The highest BCUT2D eigenvalue weighted by Gasteiger charge is 2.14. The van der Waals surface area contributed by atoms with Gasteiger partial charge in [-0.15, -0.1) is 0 Å². The first kappa shape index (κ1) is 12.6. The molecule has 0 saturated heterocycles. The Bertz CT molecular complexity index is 423. The Hall–Kier alpha value is -1.43. The van der Waals surface area contributed by atoms with Crippen LogP contribution in [0.1, 0.15) is 10.4 Å². The SMILES string of the molecule is CNC(=O)COC(=O)c1cc(Br)ccc1F. The summed E-state index contributed by atoms with van der Waals surface area (Å²) in [5.41, 5.74) is -0.210. The van der Waals surface area contributed by atoms with Crippen molar-refractivity contribution >= 4 is 27.8 Å². The Labute approximate surface area is 99.9 Å². The topological polar surface area (TPSA) is 55.4 Å². The van der Waals surface area contributed by atoms with Crippen molar-refractivity contribution < 1.29 is 18.7 Å². The zero-order valence-electron chi connectivity index (χ0n) is 8.42. The van der Waals surface area contributed by atoms with E-state index in [0.717, 1.165) is 6.07 Å². The third kappa shape index (κ3) is 3.30. The molecule has 86 valence electrons.